The third-order valence-electron chi connectivity index (χ3n) is 2.70. The number of esters is 1. The van der Waals surface area contributed by atoms with Gasteiger partial charge in [-0.25, -0.2) is 4.79 Å². The van der Waals surface area contributed by atoms with E-state index in [1.165, 1.54) is 12.1 Å². The molecule has 1 aromatic rings. The Morgan fingerprint density at radius 1 is 1.14 bits per heavy atom. The van der Waals surface area contributed by atoms with Gasteiger partial charge in [-0.2, -0.15) is 0 Å². The van der Waals surface area contributed by atoms with E-state index in [9.17, 15) is 9.59 Å². The van der Waals surface area contributed by atoms with Crippen LogP contribution in [-0.2, 0) is 14.3 Å². The summed E-state index contributed by atoms with van der Waals surface area (Å²) in [7, 11) is 0. The van der Waals surface area contributed by atoms with Crippen LogP contribution in [0.15, 0.2) is 12.1 Å². The van der Waals surface area contributed by atoms with Crippen LogP contribution in [0.25, 0.3) is 0 Å². The molecule has 0 radical (unpaired) electrons. The second kappa shape index (κ2) is 9.08. The molecule has 1 rings (SSSR count). The van der Waals surface area contributed by atoms with Crippen LogP contribution in [0.5, 0.6) is 5.75 Å². The van der Waals surface area contributed by atoms with Crippen molar-refractivity contribution in [2.45, 2.75) is 26.3 Å². The van der Waals surface area contributed by atoms with Crippen molar-refractivity contribution in [3.63, 3.8) is 0 Å². The molecule has 0 aliphatic heterocycles. The molecule has 5 nitrogen and oxygen atoms in total. The first-order chi connectivity index (χ1) is 10.3. The summed E-state index contributed by atoms with van der Waals surface area (Å²) in [6.07, 6.45) is 0.790. The van der Waals surface area contributed by atoms with Crippen LogP contribution in [0.4, 0.5) is 0 Å². The van der Waals surface area contributed by atoms with Crippen LogP contribution in [0.3, 0.4) is 0 Å². The minimum Gasteiger partial charge on any atom is -0.480 e. The first-order valence-corrected chi connectivity index (χ1v) is 7.69. The number of amides is 1. The van der Waals surface area contributed by atoms with Crippen molar-refractivity contribution >= 4 is 46.7 Å². The van der Waals surface area contributed by atoms with Gasteiger partial charge in [0, 0.05) is 12.1 Å². The Morgan fingerprint density at radius 3 is 2.41 bits per heavy atom. The molecule has 1 aromatic carbocycles. The van der Waals surface area contributed by atoms with E-state index in [1.807, 2.05) is 13.8 Å². The van der Waals surface area contributed by atoms with Crippen LogP contribution < -0.4 is 10.1 Å². The van der Waals surface area contributed by atoms with E-state index >= 15 is 0 Å². The number of hydrogen-bond acceptors (Lipinski definition) is 4. The van der Waals surface area contributed by atoms with E-state index in [0.717, 1.165) is 6.42 Å². The first kappa shape index (κ1) is 18.9. The molecule has 0 spiro atoms. The summed E-state index contributed by atoms with van der Waals surface area (Å²) in [5, 5.41) is 3.42. The van der Waals surface area contributed by atoms with Gasteiger partial charge in [0.05, 0.1) is 15.1 Å². The predicted molar refractivity (Wildman–Crippen MR) is 85.8 cm³/mol. The maximum atomic E-state index is 11.5. The smallest absolute Gasteiger partial charge is 0.344 e. The minimum atomic E-state index is -0.693. The van der Waals surface area contributed by atoms with Gasteiger partial charge in [-0.1, -0.05) is 41.7 Å². The second-order valence-electron chi connectivity index (χ2n) is 4.52. The molecule has 0 fully saturated rings. The SMILES string of the molecule is CC[C@H](C)NC(=O)COC(=O)COc1cc(Cl)c(Cl)cc1Cl. The molecule has 0 aromatic heterocycles. The Hall–Kier alpha value is -1.17. The molecule has 0 aliphatic rings. The fraction of sp³-hybridized carbons (Fsp3) is 0.429. The van der Waals surface area contributed by atoms with Crippen LogP contribution in [0.2, 0.25) is 15.1 Å². The largest absolute Gasteiger partial charge is 0.480 e. The lowest BCUT2D eigenvalue weighted by Gasteiger charge is -2.12. The van der Waals surface area contributed by atoms with Crippen molar-refractivity contribution in [2.75, 3.05) is 13.2 Å². The molecule has 0 bridgehead atoms. The Morgan fingerprint density at radius 2 is 1.77 bits per heavy atom. The highest BCUT2D eigenvalue weighted by molar-refractivity contribution is 6.43. The van der Waals surface area contributed by atoms with Gasteiger partial charge in [0.1, 0.15) is 5.75 Å². The molecule has 122 valence electrons. The average molecular weight is 369 g/mol. The summed E-state index contributed by atoms with van der Waals surface area (Å²) in [5.41, 5.74) is 0. The van der Waals surface area contributed by atoms with Crippen LogP contribution in [0.1, 0.15) is 20.3 Å². The molecule has 0 saturated carbocycles. The summed E-state index contributed by atoms with van der Waals surface area (Å²) in [6, 6.07) is 2.83. The normalized spacial score (nSPS) is 11.7. The van der Waals surface area contributed by atoms with E-state index in [4.69, 9.17) is 44.3 Å². The Balaban J connectivity index is 2.41. The zero-order chi connectivity index (χ0) is 16.7. The van der Waals surface area contributed by atoms with E-state index in [-0.39, 0.29) is 39.4 Å². The highest BCUT2D eigenvalue weighted by atomic mass is 35.5. The minimum absolute atomic E-state index is 0.0254. The maximum absolute atomic E-state index is 11.5. The van der Waals surface area contributed by atoms with Gasteiger partial charge < -0.3 is 14.8 Å². The lowest BCUT2D eigenvalue weighted by atomic mass is 10.2. The van der Waals surface area contributed by atoms with Crippen molar-refractivity contribution in [3.8, 4) is 5.75 Å². The van der Waals surface area contributed by atoms with Crippen molar-refractivity contribution in [1.29, 1.82) is 0 Å². The zero-order valence-electron chi connectivity index (χ0n) is 12.1. The van der Waals surface area contributed by atoms with Crippen molar-refractivity contribution in [3.05, 3.63) is 27.2 Å². The molecule has 1 amide bonds. The first-order valence-electron chi connectivity index (χ1n) is 6.55. The van der Waals surface area contributed by atoms with Crippen molar-refractivity contribution in [1.82, 2.24) is 5.32 Å². The summed E-state index contributed by atoms with van der Waals surface area (Å²) in [4.78, 5) is 23.0. The van der Waals surface area contributed by atoms with Crippen LogP contribution in [-0.4, -0.2) is 31.1 Å². The molecule has 0 aliphatic carbocycles. The molecule has 0 heterocycles. The number of ether oxygens (including phenoxy) is 2. The van der Waals surface area contributed by atoms with E-state index in [2.05, 4.69) is 5.32 Å². The third kappa shape index (κ3) is 6.30. The lowest BCUT2D eigenvalue weighted by molar-refractivity contribution is -0.150. The average Bonchev–Trinajstić information content (AvgIpc) is 2.47. The van der Waals surface area contributed by atoms with Gasteiger partial charge in [-0.3, -0.25) is 4.79 Å². The number of benzene rings is 1. The Labute approximate surface area is 143 Å². The number of hydrogen-bond donors (Lipinski definition) is 1. The number of halogens is 3. The zero-order valence-corrected chi connectivity index (χ0v) is 14.4. The summed E-state index contributed by atoms with van der Waals surface area (Å²) in [5.74, 6) is -0.853. The van der Waals surface area contributed by atoms with E-state index in [1.54, 1.807) is 0 Å². The van der Waals surface area contributed by atoms with Gasteiger partial charge in [-0.15, -0.1) is 0 Å². The van der Waals surface area contributed by atoms with Gasteiger partial charge in [-0.05, 0) is 19.4 Å². The fourth-order valence-electron chi connectivity index (χ4n) is 1.36. The number of nitrogens with one attached hydrogen (secondary N) is 1. The van der Waals surface area contributed by atoms with Crippen LogP contribution >= 0.6 is 34.8 Å². The number of carbonyl (C=O) groups is 2. The molecule has 8 heteroatoms. The molecular formula is C14H16Cl3NO4. The van der Waals surface area contributed by atoms with Gasteiger partial charge >= 0.3 is 5.97 Å². The van der Waals surface area contributed by atoms with Crippen molar-refractivity contribution in [2.24, 2.45) is 0 Å². The monoisotopic (exact) mass is 367 g/mol. The van der Waals surface area contributed by atoms with Crippen molar-refractivity contribution < 1.29 is 19.1 Å². The summed E-state index contributed by atoms with van der Waals surface area (Å²) in [6.45, 7) is 3.04. The van der Waals surface area contributed by atoms with Gasteiger partial charge in [0.2, 0.25) is 0 Å². The fourth-order valence-corrected chi connectivity index (χ4v) is 1.95. The van der Waals surface area contributed by atoms with Crippen LogP contribution in [0, 0.1) is 0 Å². The topological polar surface area (TPSA) is 64.6 Å². The molecular weight excluding hydrogens is 353 g/mol. The van der Waals surface area contributed by atoms with Gasteiger partial charge in [0.15, 0.2) is 13.2 Å². The number of rotatable bonds is 7. The second-order valence-corrected chi connectivity index (χ2v) is 5.74. The quantitative estimate of drug-likeness (QED) is 0.591. The lowest BCUT2D eigenvalue weighted by Crippen LogP contribution is -2.35. The Kier molecular flexibility index (Phi) is 7.79. The van der Waals surface area contributed by atoms with E-state index in [0.29, 0.717) is 0 Å². The molecule has 1 atom stereocenters. The summed E-state index contributed by atoms with van der Waals surface area (Å²) < 4.78 is 9.97. The summed E-state index contributed by atoms with van der Waals surface area (Å²) >= 11 is 17.5. The maximum Gasteiger partial charge on any atom is 0.344 e. The Bertz CT molecular complexity index is 551. The standard InChI is InChI=1S/C14H16Cl3NO4/c1-3-8(2)18-13(19)6-22-14(20)7-21-12-5-10(16)9(15)4-11(12)17/h4-5,8H,3,6-7H2,1-2H3,(H,18,19)/t8-/m0/s1. The predicted octanol–water partition coefficient (Wildman–Crippen LogP) is 3.48. The molecule has 22 heavy (non-hydrogen) atoms. The third-order valence-corrected chi connectivity index (χ3v) is 3.72. The highest BCUT2D eigenvalue weighted by Crippen LogP contribution is 2.33. The van der Waals surface area contributed by atoms with Gasteiger partial charge in [0.25, 0.3) is 5.91 Å². The molecule has 1 N–H and O–H groups in total. The highest BCUT2D eigenvalue weighted by Gasteiger charge is 2.12. The number of carbonyl (C=O) groups excluding carboxylic acids is 2. The molecule has 0 unspecified atom stereocenters. The molecule has 0 saturated heterocycles. The van der Waals surface area contributed by atoms with E-state index < -0.39 is 12.6 Å².